The van der Waals surface area contributed by atoms with E-state index >= 15 is 0 Å². The Morgan fingerprint density at radius 1 is 1.41 bits per heavy atom. The minimum atomic E-state index is -1.60. The van der Waals surface area contributed by atoms with Gasteiger partial charge >= 0.3 is 5.97 Å². The molecule has 1 rings (SSSR count). The summed E-state index contributed by atoms with van der Waals surface area (Å²) in [5, 5.41) is 19.4. The Kier molecular flexibility index (Phi) is 4.48. The first-order valence-electron chi connectivity index (χ1n) is 5.35. The molecule has 2 atom stereocenters. The molecule has 5 heteroatoms. The van der Waals surface area contributed by atoms with E-state index < -0.39 is 18.2 Å². The lowest BCUT2D eigenvalue weighted by atomic mass is 10.0. The molecule has 0 aliphatic heterocycles. The van der Waals surface area contributed by atoms with E-state index in [1.54, 1.807) is 19.1 Å². The topological polar surface area (TPSA) is 92.8 Å². The second-order valence-corrected chi connectivity index (χ2v) is 3.82. The molecule has 0 heterocycles. The zero-order chi connectivity index (χ0) is 13.0. The maximum atomic E-state index is 11.3. The molecular weight excluding hydrogens is 222 g/mol. The van der Waals surface area contributed by atoms with Gasteiger partial charge < -0.3 is 20.7 Å². The van der Waals surface area contributed by atoms with Crippen LogP contribution in [0.3, 0.4) is 0 Å². The number of esters is 1. The lowest BCUT2D eigenvalue weighted by Crippen LogP contribution is -2.30. The molecule has 0 radical (unpaired) electrons. The summed E-state index contributed by atoms with van der Waals surface area (Å²) in [6.07, 6.45) is -2.94. The van der Waals surface area contributed by atoms with Crippen molar-refractivity contribution < 1.29 is 19.7 Å². The number of carbonyl (C=O) groups excluding carboxylic acids is 1. The van der Waals surface area contributed by atoms with Crippen molar-refractivity contribution in [2.24, 2.45) is 0 Å². The molecule has 0 saturated heterocycles. The number of hydrogen-bond donors (Lipinski definition) is 3. The first kappa shape index (κ1) is 13.5. The molecule has 5 nitrogen and oxygen atoms in total. The Morgan fingerprint density at radius 2 is 2.06 bits per heavy atom. The van der Waals surface area contributed by atoms with E-state index in [0.717, 1.165) is 5.56 Å². The molecule has 4 N–H and O–H groups in total. The van der Waals surface area contributed by atoms with Crippen molar-refractivity contribution in [2.45, 2.75) is 26.1 Å². The molecule has 94 valence electrons. The molecule has 0 spiro atoms. The van der Waals surface area contributed by atoms with Crippen molar-refractivity contribution in [3.63, 3.8) is 0 Å². The Balaban J connectivity index is 2.87. The predicted molar refractivity (Wildman–Crippen MR) is 63.2 cm³/mol. The summed E-state index contributed by atoms with van der Waals surface area (Å²) in [5.41, 5.74) is 7.33. The van der Waals surface area contributed by atoms with Crippen LogP contribution >= 0.6 is 0 Å². The normalized spacial score (nSPS) is 14.1. The Labute approximate surface area is 99.8 Å². The Bertz CT molecular complexity index is 385. The van der Waals surface area contributed by atoms with Crippen molar-refractivity contribution in [1.82, 2.24) is 0 Å². The maximum Gasteiger partial charge on any atom is 0.338 e. The van der Waals surface area contributed by atoms with Crippen molar-refractivity contribution in [1.29, 1.82) is 0 Å². The van der Waals surface area contributed by atoms with Gasteiger partial charge in [0.05, 0.1) is 6.61 Å². The number of aryl methyl sites for hydroxylation is 1. The first-order chi connectivity index (χ1) is 7.95. The second-order valence-electron chi connectivity index (χ2n) is 3.82. The highest BCUT2D eigenvalue weighted by Crippen LogP contribution is 2.21. The van der Waals surface area contributed by atoms with Gasteiger partial charge in [0.2, 0.25) is 0 Å². The fourth-order valence-electron chi connectivity index (χ4n) is 1.55. The number of nitrogens with two attached hydrogens (primary N) is 1. The van der Waals surface area contributed by atoms with E-state index in [1.807, 2.05) is 6.92 Å². The van der Waals surface area contributed by atoms with Crippen LogP contribution in [-0.4, -0.2) is 28.9 Å². The fraction of sp³-hybridized carbons (Fsp3) is 0.417. The van der Waals surface area contributed by atoms with Gasteiger partial charge in [-0.25, -0.2) is 4.79 Å². The van der Waals surface area contributed by atoms with Gasteiger partial charge in [0.25, 0.3) is 0 Å². The van der Waals surface area contributed by atoms with Gasteiger partial charge in [-0.1, -0.05) is 6.07 Å². The first-order valence-corrected chi connectivity index (χ1v) is 5.35. The van der Waals surface area contributed by atoms with Crippen molar-refractivity contribution in [3.8, 4) is 0 Å². The van der Waals surface area contributed by atoms with Crippen molar-refractivity contribution >= 4 is 11.7 Å². The number of nitrogen functional groups attached to an aromatic ring is 1. The molecule has 0 aliphatic carbocycles. The molecule has 0 aromatic heterocycles. The molecule has 1 aromatic rings. The van der Waals surface area contributed by atoms with Gasteiger partial charge in [0.1, 0.15) is 6.10 Å². The smallest absolute Gasteiger partial charge is 0.338 e. The van der Waals surface area contributed by atoms with Crippen LogP contribution in [-0.2, 0) is 9.53 Å². The number of ether oxygens (including phenoxy) is 1. The summed E-state index contributed by atoms with van der Waals surface area (Å²) in [6.45, 7) is 3.59. The number of aliphatic hydroxyl groups is 2. The van der Waals surface area contributed by atoms with Gasteiger partial charge in [-0.05, 0) is 37.1 Å². The maximum absolute atomic E-state index is 11.3. The monoisotopic (exact) mass is 239 g/mol. The minimum Gasteiger partial charge on any atom is -0.464 e. The molecule has 17 heavy (non-hydrogen) atoms. The standard InChI is InChI=1S/C12H17NO4/c1-3-17-12(16)11(15)10(14)8-4-7(2)5-9(13)6-8/h4-6,10-11,14-15H,3,13H2,1-2H3. The molecule has 1 aromatic carbocycles. The highest BCUT2D eigenvalue weighted by Gasteiger charge is 2.27. The number of anilines is 1. The summed E-state index contributed by atoms with van der Waals surface area (Å²) in [5.74, 6) is -0.847. The van der Waals surface area contributed by atoms with Crippen LogP contribution in [0, 0.1) is 6.92 Å². The largest absolute Gasteiger partial charge is 0.464 e. The summed E-state index contributed by atoms with van der Waals surface area (Å²) < 4.78 is 4.63. The van der Waals surface area contributed by atoms with Crippen LogP contribution in [0.1, 0.15) is 24.2 Å². The summed E-state index contributed by atoms with van der Waals surface area (Å²) in [6, 6.07) is 4.90. The minimum absolute atomic E-state index is 0.151. The third kappa shape index (κ3) is 3.44. The average molecular weight is 239 g/mol. The van der Waals surface area contributed by atoms with E-state index in [1.165, 1.54) is 6.07 Å². The van der Waals surface area contributed by atoms with E-state index in [9.17, 15) is 15.0 Å². The Morgan fingerprint density at radius 3 is 2.59 bits per heavy atom. The van der Waals surface area contributed by atoms with Gasteiger partial charge in [0.15, 0.2) is 6.10 Å². The lowest BCUT2D eigenvalue weighted by molar-refractivity contribution is -0.159. The van der Waals surface area contributed by atoms with E-state index in [-0.39, 0.29) is 6.61 Å². The third-order valence-corrected chi connectivity index (χ3v) is 2.29. The van der Waals surface area contributed by atoms with Crippen LogP contribution in [0.2, 0.25) is 0 Å². The average Bonchev–Trinajstić information content (AvgIpc) is 2.26. The SMILES string of the molecule is CCOC(=O)C(O)C(O)c1cc(C)cc(N)c1. The molecule has 2 unspecified atom stereocenters. The fourth-order valence-corrected chi connectivity index (χ4v) is 1.55. The van der Waals surface area contributed by atoms with Gasteiger partial charge in [-0.2, -0.15) is 0 Å². The number of rotatable bonds is 4. The van der Waals surface area contributed by atoms with Crippen LogP contribution in [0.4, 0.5) is 5.69 Å². The highest BCUT2D eigenvalue weighted by atomic mass is 16.5. The van der Waals surface area contributed by atoms with Crippen LogP contribution in [0.15, 0.2) is 18.2 Å². The molecule has 0 amide bonds. The van der Waals surface area contributed by atoms with Crippen LogP contribution in [0.25, 0.3) is 0 Å². The van der Waals surface area contributed by atoms with E-state index in [4.69, 9.17) is 5.73 Å². The predicted octanol–water partition coefficient (Wildman–Crippen LogP) is 0.535. The number of benzene rings is 1. The summed E-state index contributed by atoms with van der Waals surface area (Å²) in [7, 11) is 0. The second kappa shape index (κ2) is 5.65. The van der Waals surface area contributed by atoms with Gasteiger partial charge in [0, 0.05) is 5.69 Å². The lowest BCUT2D eigenvalue weighted by Gasteiger charge is -2.17. The molecular formula is C12H17NO4. The van der Waals surface area contributed by atoms with Gasteiger partial charge in [-0.15, -0.1) is 0 Å². The number of aliphatic hydroxyl groups excluding tert-OH is 2. The summed E-state index contributed by atoms with van der Waals surface area (Å²) in [4.78, 5) is 11.3. The zero-order valence-electron chi connectivity index (χ0n) is 9.88. The van der Waals surface area contributed by atoms with Crippen molar-refractivity contribution in [3.05, 3.63) is 29.3 Å². The molecule has 0 fully saturated rings. The molecule has 0 aliphatic rings. The van der Waals surface area contributed by atoms with Crippen LogP contribution in [0.5, 0.6) is 0 Å². The van der Waals surface area contributed by atoms with Gasteiger partial charge in [-0.3, -0.25) is 0 Å². The molecule has 0 bridgehead atoms. The Hall–Kier alpha value is -1.59. The third-order valence-electron chi connectivity index (χ3n) is 2.29. The summed E-state index contributed by atoms with van der Waals surface area (Å²) >= 11 is 0. The van der Waals surface area contributed by atoms with Crippen molar-refractivity contribution in [2.75, 3.05) is 12.3 Å². The van der Waals surface area contributed by atoms with E-state index in [0.29, 0.717) is 11.3 Å². The zero-order valence-corrected chi connectivity index (χ0v) is 9.88. The van der Waals surface area contributed by atoms with E-state index in [2.05, 4.69) is 4.74 Å². The quantitative estimate of drug-likeness (QED) is 0.526. The number of carbonyl (C=O) groups is 1. The molecule has 0 saturated carbocycles. The number of hydrogen-bond acceptors (Lipinski definition) is 5. The van der Waals surface area contributed by atoms with Crippen LogP contribution < -0.4 is 5.73 Å². The highest BCUT2D eigenvalue weighted by molar-refractivity contribution is 5.75.